The summed E-state index contributed by atoms with van der Waals surface area (Å²) in [5, 5.41) is 2.56. The molecule has 0 unspecified atom stereocenters. The van der Waals surface area contributed by atoms with Gasteiger partial charge in [-0.05, 0) is 32.1 Å². The van der Waals surface area contributed by atoms with Crippen molar-refractivity contribution in [1.82, 2.24) is 10.1 Å². The van der Waals surface area contributed by atoms with Gasteiger partial charge in [0.05, 0.1) is 14.2 Å². The van der Waals surface area contributed by atoms with Crippen molar-refractivity contribution in [2.24, 2.45) is 5.73 Å². The SMILES string of the molecule is COC(=O)[C@@H]1CCCN1OC(=O)CC[C@H](N)C(=O)ON1CCC[C@H]1C(=O)OC. The molecule has 28 heavy (non-hydrogen) atoms. The van der Waals surface area contributed by atoms with Crippen LogP contribution >= 0.6 is 0 Å². The van der Waals surface area contributed by atoms with Gasteiger partial charge in [-0.3, -0.25) is 14.4 Å². The molecule has 158 valence electrons. The Hall–Kier alpha value is -2.24. The van der Waals surface area contributed by atoms with Crippen molar-refractivity contribution >= 4 is 23.9 Å². The van der Waals surface area contributed by atoms with E-state index in [-0.39, 0.29) is 12.8 Å². The standard InChI is InChI=1S/C17H27N3O8/c1-25-16(23)12-5-3-9-19(12)27-14(21)8-7-11(18)15(22)28-20-10-4-6-13(20)17(24)26-2/h11-13H,3-10,18H2,1-2H3/t11-,12-,13-/m0/s1. The van der Waals surface area contributed by atoms with E-state index in [1.807, 2.05) is 0 Å². The van der Waals surface area contributed by atoms with E-state index in [2.05, 4.69) is 9.47 Å². The van der Waals surface area contributed by atoms with Crippen molar-refractivity contribution in [2.45, 2.75) is 56.7 Å². The second kappa shape index (κ2) is 10.3. The molecule has 0 aromatic carbocycles. The van der Waals surface area contributed by atoms with Crippen molar-refractivity contribution in [1.29, 1.82) is 0 Å². The Labute approximate surface area is 162 Å². The smallest absolute Gasteiger partial charge is 0.341 e. The van der Waals surface area contributed by atoms with E-state index in [0.717, 1.165) is 0 Å². The van der Waals surface area contributed by atoms with Crippen LogP contribution in [-0.4, -0.2) is 79.4 Å². The van der Waals surface area contributed by atoms with Crippen LogP contribution in [0.1, 0.15) is 38.5 Å². The molecular formula is C17H27N3O8. The Bertz CT molecular complexity index is 599. The fourth-order valence-corrected chi connectivity index (χ4v) is 3.19. The first-order chi connectivity index (χ1) is 13.4. The molecule has 2 rings (SSSR count). The highest BCUT2D eigenvalue weighted by atomic mass is 16.7. The Morgan fingerprint density at radius 3 is 1.93 bits per heavy atom. The molecule has 0 saturated carbocycles. The number of hydroxylamine groups is 4. The van der Waals surface area contributed by atoms with Crippen LogP contribution in [0, 0.1) is 0 Å². The van der Waals surface area contributed by atoms with Gasteiger partial charge < -0.3 is 24.9 Å². The normalized spacial score (nSPS) is 23.8. The highest BCUT2D eigenvalue weighted by Gasteiger charge is 2.36. The van der Waals surface area contributed by atoms with Gasteiger partial charge in [-0.1, -0.05) is 0 Å². The van der Waals surface area contributed by atoms with Crippen molar-refractivity contribution in [3.63, 3.8) is 0 Å². The average Bonchev–Trinajstić information content (AvgIpc) is 3.34. The van der Waals surface area contributed by atoms with Crippen molar-refractivity contribution in [3.8, 4) is 0 Å². The zero-order valence-electron chi connectivity index (χ0n) is 16.1. The maximum Gasteiger partial charge on any atom is 0.341 e. The summed E-state index contributed by atoms with van der Waals surface area (Å²) in [6, 6.07) is -2.31. The molecule has 0 radical (unpaired) electrons. The molecule has 0 spiro atoms. The molecule has 2 fully saturated rings. The lowest BCUT2D eigenvalue weighted by Crippen LogP contribution is -2.43. The molecule has 2 aliphatic rings. The number of carbonyl (C=O) groups is 4. The van der Waals surface area contributed by atoms with E-state index in [9.17, 15) is 19.2 Å². The predicted molar refractivity (Wildman–Crippen MR) is 92.9 cm³/mol. The number of rotatable bonds is 8. The number of ether oxygens (including phenoxy) is 2. The third-order valence-corrected chi connectivity index (χ3v) is 4.74. The molecule has 2 heterocycles. The summed E-state index contributed by atoms with van der Waals surface area (Å²) in [6.07, 6.45) is 2.34. The van der Waals surface area contributed by atoms with Crippen molar-refractivity contribution in [3.05, 3.63) is 0 Å². The van der Waals surface area contributed by atoms with Gasteiger partial charge in [-0.2, -0.15) is 0 Å². The van der Waals surface area contributed by atoms with Crippen molar-refractivity contribution < 1.29 is 38.3 Å². The maximum atomic E-state index is 12.1. The summed E-state index contributed by atoms with van der Waals surface area (Å²) < 4.78 is 9.36. The molecule has 0 aliphatic carbocycles. The number of methoxy groups -OCH3 is 2. The fraction of sp³-hybridized carbons (Fsp3) is 0.765. The summed E-state index contributed by atoms with van der Waals surface area (Å²) in [7, 11) is 2.54. The van der Waals surface area contributed by atoms with Crippen LogP contribution in [0.2, 0.25) is 0 Å². The Morgan fingerprint density at radius 2 is 1.43 bits per heavy atom. The second-order valence-corrected chi connectivity index (χ2v) is 6.66. The van der Waals surface area contributed by atoms with Crippen LogP contribution < -0.4 is 5.73 Å². The molecule has 0 bridgehead atoms. The first-order valence-electron chi connectivity index (χ1n) is 9.24. The summed E-state index contributed by atoms with van der Waals surface area (Å²) >= 11 is 0. The molecule has 2 N–H and O–H groups in total. The first-order valence-corrected chi connectivity index (χ1v) is 9.24. The molecule has 11 nitrogen and oxygen atoms in total. The number of nitrogens with two attached hydrogens (primary N) is 1. The number of hydrogen-bond acceptors (Lipinski definition) is 11. The third kappa shape index (κ3) is 5.63. The molecule has 2 saturated heterocycles. The molecule has 3 atom stereocenters. The van der Waals surface area contributed by atoms with Crippen LogP contribution in [0.4, 0.5) is 0 Å². The zero-order chi connectivity index (χ0) is 20.7. The molecule has 0 aromatic rings. The van der Waals surface area contributed by atoms with Gasteiger partial charge in [0, 0.05) is 19.5 Å². The number of nitrogens with zero attached hydrogens (tertiary/aromatic N) is 2. The Morgan fingerprint density at radius 1 is 0.929 bits per heavy atom. The number of carbonyl (C=O) groups excluding carboxylic acids is 4. The first kappa shape index (κ1) is 22.1. The topological polar surface area (TPSA) is 138 Å². The van der Waals surface area contributed by atoms with E-state index < -0.39 is 42.0 Å². The van der Waals surface area contributed by atoms with E-state index in [1.165, 1.54) is 24.3 Å². The molecule has 11 heteroatoms. The van der Waals surface area contributed by atoms with E-state index >= 15 is 0 Å². The van der Waals surface area contributed by atoms with Gasteiger partial charge in [0.25, 0.3) is 0 Å². The van der Waals surface area contributed by atoms with Crippen LogP contribution in [-0.2, 0) is 38.3 Å². The van der Waals surface area contributed by atoms with Gasteiger partial charge in [-0.15, -0.1) is 10.1 Å². The average molecular weight is 401 g/mol. The summed E-state index contributed by atoms with van der Waals surface area (Å²) in [4.78, 5) is 57.8. The molecule has 0 aromatic heterocycles. The molecule has 0 amide bonds. The quantitative estimate of drug-likeness (QED) is 0.516. The van der Waals surface area contributed by atoms with Gasteiger partial charge in [0.15, 0.2) is 0 Å². The second-order valence-electron chi connectivity index (χ2n) is 6.66. The van der Waals surface area contributed by atoms with Crippen molar-refractivity contribution in [2.75, 3.05) is 27.3 Å². The van der Waals surface area contributed by atoms with Crippen LogP contribution in [0.3, 0.4) is 0 Å². The highest BCUT2D eigenvalue weighted by Crippen LogP contribution is 2.20. The summed E-state index contributed by atoms with van der Waals surface area (Å²) in [6.45, 7) is 0.841. The van der Waals surface area contributed by atoms with Gasteiger partial charge in [-0.25, -0.2) is 4.79 Å². The number of hydrogen-bond donors (Lipinski definition) is 1. The van der Waals surface area contributed by atoms with E-state index in [0.29, 0.717) is 38.8 Å². The zero-order valence-corrected chi connectivity index (χ0v) is 16.1. The lowest BCUT2D eigenvalue weighted by molar-refractivity contribution is -0.202. The summed E-state index contributed by atoms with van der Waals surface area (Å²) in [5.74, 6) is -2.28. The number of esters is 2. The van der Waals surface area contributed by atoms with E-state index in [4.69, 9.17) is 15.4 Å². The lowest BCUT2D eigenvalue weighted by atomic mass is 10.2. The Balaban J connectivity index is 1.75. The van der Waals surface area contributed by atoms with Gasteiger partial charge in [0.1, 0.15) is 18.1 Å². The highest BCUT2D eigenvalue weighted by molar-refractivity contribution is 5.79. The van der Waals surface area contributed by atoms with Crippen LogP contribution in [0.5, 0.6) is 0 Å². The van der Waals surface area contributed by atoms with Gasteiger partial charge in [0.2, 0.25) is 0 Å². The van der Waals surface area contributed by atoms with Crippen LogP contribution in [0.15, 0.2) is 0 Å². The minimum Gasteiger partial charge on any atom is -0.468 e. The molecular weight excluding hydrogens is 374 g/mol. The van der Waals surface area contributed by atoms with E-state index in [1.54, 1.807) is 0 Å². The Kier molecular flexibility index (Phi) is 8.15. The maximum absolute atomic E-state index is 12.1. The predicted octanol–water partition coefficient (Wildman–Crippen LogP) is -0.715. The minimum atomic E-state index is -1.05. The lowest BCUT2D eigenvalue weighted by Gasteiger charge is -2.23. The fourth-order valence-electron chi connectivity index (χ4n) is 3.19. The largest absolute Gasteiger partial charge is 0.468 e. The third-order valence-electron chi connectivity index (χ3n) is 4.74. The molecule has 2 aliphatic heterocycles. The summed E-state index contributed by atoms with van der Waals surface area (Å²) in [5.41, 5.74) is 5.79. The monoisotopic (exact) mass is 401 g/mol. The minimum absolute atomic E-state index is 0.00509. The van der Waals surface area contributed by atoms with Crippen LogP contribution in [0.25, 0.3) is 0 Å². The van der Waals surface area contributed by atoms with Gasteiger partial charge >= 0.3 is 23.9 Å².